The van der Waals surface area contributed by atoms with Crippen LogP contribution in [-0.4, -0.2) is 44.7 Å². The van der Waals surface area contributed by atoms with Gasteiger partial charge >= 0.3 is 18.8 Å². The molecular weight excluding hydrogens is 419 g/mol. The number of fused-ring (bicyclic) bond motifs is 1. The minimum Gasteiger partial charge on any atom is -0.475 e. The number of carboxylic acid groups (broad SMARTS) is 1. The number of halogens is 5. The van der Waals surface area contributed by atoms with E-state index >= 15 is 0 Å². The fourth-order valence-electron chi connectivity index (χ4n) is 2.27. The Kier molecular flexibility index (Phi) is 6.97. The predicted octanol–water partition coefficient (Wildman–Crippen LogP) is 3.36. The number of nitrogens with zero attached hydrogens (tertiary/aromatic N) is 1. The summed E-state index contributed by atoms with van der Waals surface area (Å²) in [4.78, 5) is 31.0. The first-order chi connectivity index (χ1) is 14.0. The van der Waals surface area contributed by atoms with Crippen LogP contribution in [-0.2, 0) is 11.3 Å². The van der Waals surface area contributed by atoms with Crippen molar-refractivity contribution in [3.05, 3.63) is 47.7 Å². The van der Waals surface area contributed by atoms with E-state index < -0.39 is 18.8 Å². The topological polar surface area (TPSA) is 120 Å². The quantitative estimate of drug-likeness (QED) is 0.459. The van der Waals surface area contributed by atoms with E-state index in [1.807, 2.05) is 6.92 Å². The van der Waals surface area contributed by atoms with Gasteiger partial charge in [-0.25, -0.2) is 9.78 Å². The molecule has 1 amide bonds. The maximum atomic E-state index is 12.4. The van der Waals surface area contributed by atoms with E-state index in [-0.39, 0.29) is 23.9 Å². The highest BCUT2D eigenvalue weighted by atomic mass is 19.4. The van der Waals surface area contributed by atoms with Crippen molar-refractivity contribution in [1.29, 1.82) is 0 Å². The van der Waals surface area contributed by atoms with E-state index in [2.05, 4.69) is 25.0 Å². The van der Waals surface area contributed by atoms with Crippen LogP contribution in [0.1, 0.15) is 21.9 Å². The van der Waals surface area contributed by atoms with Gasteiger partial charge in [-0.2, -0.15) is 22.0 Å². The molecule has 3 aromatic rings. The molecule has 0 saturated heterocycles. The Morgan fingerprint density at radius 2 is 1.97 bits per heavy atom. The molecule has 162 valence electrons. The van der Waals surface area contributed by atoms with Crippen molar-refractivity contribution in [2.75, 3.05) is 0 Å². The van der Waals surface area contributed by atoms with Gasteiger partial charge in [0.2, 0.25) is 0 Å². The van der Waals surface area contributed by atoms with E-state index in [1.165, 1.54) is 12.1 Å². The van der Waals surface area contributed by atoms with Gasteiger partial charge in [-0.05, 0) is 25.1 Å². The van der Waals surface area contributed by atoms with E-state index in [9.17, 15) is 26.7 Å². The highest BCUT2D eigenvalue weighted by Gasteiger charge is 2.38. The summed E-state index contributed by atoms with van der Waals surface area (Å²) in [6.45, 7) is -0.801. The average Bonchev–Trinajstić information content (AvgIpc) is 3.25. The highest BCUT2D eigenvalue weighted by Crippen LogP contribution is 2.27. The number of hydrogen-bond acceptors (Lipinski definition) is 4. The number of imidazole rings is 1. The zero-order chi connectivity index (χ0) is 22.5. The van der Waals surface area contributed by atoms with Gasteiger partial charge in [-0.15, -0.1) is 0 Å². The van der Waals surface area contributed by atoms with Gasteiger partial charge in [0.25, 0.3) is 5.91 Å². The van der Waals surface area contributed by atoms with Gasteiger partial charge in [0.1, 0.15) is 11.4 Å². The van der Waals surface area contributed by atoms with E-state index in [0.29, 0.717) is 10.9 Å². The molecule has 0 aliphatic heterocycles. The fraction of sp³-hybridized carbons (Fsp3) is 0.235. The summed E-state index contributed by atoms with van der Waals surface area (Å²) in [6.07, 6.45) is -3.53. The second kappa shape index (κ2) is 9.24. The largest absolute Gasteiger partial charge is 0.490 e. The van der Waals surface area contributed by atoms with Crippen LogP contribution in [0.15, 0.2) is 30.6 Å². The number of hydrogen-bond donors (Lipinski definition) is 4. The Labute approximate surface area is 165 Å². The minimum absolute atomic E-state index is 0.0240. The van der Waals surface area contributed by atoms with Crippen LogP contribution in [0.5, 0.6) is 5.75 Å². The number of carboxylic acids is 1. The Balaban J connectivity index is 0.000000396. The molecule has 0 saturated carbocycles. The maximum absolute atomic E-state index is 12.4. The molecule has 0 radical (unpaired) electrons. The number of alkyl halides is 5. The Hall–Kier alpha value is -3.64. The number of carbonyl (C=O) groups excluding carboxylic acids is 1. The molecule has 0 unspecified atom stereocenters. The normalized spacial score (nSPS) is 11.2. The number of nitrogens with one attached hydrogen (secondary N) is 3. The second-order valence-corrected chi connectivity index (χ2v) is 5.74. The van der Waals surface area contributed by atoms with Crippen molar-refractivity contribution in [2.24, 2.45) is 0 Å². The molecule has 1 aromatic carbocycles. The zero-order valence-electron chi connectivity index (χ0n) is 15.2. The number of H-pyrrole nitrogens is 2. The molecule has 3 rings (SSSR count). The van der Waals surface area contributed by atoms with Crippen LogP contribution in [0.3, 0.4) is 0 Å². The van der Waals surface area contributed by atoms with Crippen molar-refractivity contribution in [3.8, 4) is 5.75 Å². The average molecular weight is 434 g/mol. The van der Waals surface area contributed by atoms with Crippen molar-refractivity contribution >= 4 is 22.8 Å². The van der Waals surface area contributed by atoms with Crippen LogP contribution in [0.25, 0.3) is 10.9 Å². The summed E-state index contributed by atoms with van der Waals surface area (Å²) in [6, 6.07) is 6.17. The Morgan fingerprint density at radius 1 is 1.30 bits per heavy atom. The fourth-order valence-corrected chi connectivity index (χ4v) is 2.27. The summed E-state index contributed by atoms with van der Waals surface area (Å²) in [7, 11) is 0. The lowest BCUT2D eigenvalue weighted by molar-refractivity contribution is -0.192. The van der Waals surface area contributed by atoms with Crippen LogP contribution in [0, 0.1) is 6.92 Å². The predicted molar refractivity (Wildman–Crippen MR) is 93.1 cm³/mol. The van der Waals surface area contributed by atoms with Crippen molar-refractivity contribution < 1.29 is 41.4 Å². The number of aliphatic carboxylic acids is 1. The number of aryl methyl sites for hydroxylation is 1. The van der Waals surface area contributed by atoms with E-state index in [4.69, 9.17) is 9.90 Å². The summed E-state index contributed by atoms with van der Waals surface area (Å²) < 4.78 is 61.0. The molecule has 2 aromatic heterocycles. The van der Waals surface area contributed by atoms with Crippen LogP contribution >= 0.6 is 0 Å². The van der Waals surface area contributed by atoms with Crippen LogP contribution in [0.2, 0.25) is 0 Å². The van der Waals surface area contributed by atoms with Crippen LogP contribution in [0.4, 0.5) is 22.0 Å². The summed E-state index contributed by atoms with van der Waals surface area (Å²) in [5.74, 6) is -3.09. The molecule has 4 N–H and O–H groups in total. The standard InChI is InChI=1S/C15H14F2N4O2.C2HF3O2/c1-8-12(20-7-19-8)6-18-14(22)11-5-9-10(21-11)3-2-4-13(9)23-15(16)17;3-2(4,5)1(6)7/h2-5,7,15,21H,6H2,1H3,(H,18,22)(H,19,20);(H,6,7). The summed E-state index contributed by atoms with van der Waals surface area (Å²) in [5.41, 5.74) is 2.41. The minimum atomic E-state index is -5.08. The molecular formula is C17H15F5N4O4. The van der Waals surface area contributed by atoms with Crippen LogP contribution < -0.4 is 10.1 Å². The van der Waals surface area contributed by atoms with Gasteiger partial charge in [0.05, 0.1) is 18.6 Å². The number of aromatic nitrogens is 3. The summed E-state index contributed by atoms with van der Waals surface area (Å²) in [5, 5.41) is 10.3. The molecule has 0 spiro atoms. The molecule has 8 nitrogen and oxygen atoms in total. The van der Waals surface area contributed by atoms with Crippen molar-refractivity contribution in [2.45, 2.75) is 26.3 Å². The third kappa shape index (κ3) is 5.93. The Bertz CT molecular complexity index is 1030. The molecule has 30 heavy (non-hydrogen) atoms. The van der Waals surface area contributed by atoms with Gasteiger partial charge in [-0.1, -0.05) is 6.07 Å². The lowest BCUT2D eigenvalue weighted by Gasteiger charge is -2.04. The number of benzene rings is 1. The molecule has 0 bridgehead atoms. The number of aromatic amines is 2. The van der Waals surface area contributed by atoms with E-state index in [0.717, 1.165) is 11.4 Å². The monoisotopic (exact) mass is 434 g/mol. The lowest BCUT2D eigenvalue weighted by atomic mass is 10.2. The molecule has 13 heteroatoms. The second-order valence-electron chi connectivity index (χ2n) is 5.74. The summed E-state index contributed by atoms with van der Waals surface area (Å²) >= 11 is 0. The lowest BCUT2D eigenvalue weighted by Crippen LogP contribution is -2.23. The van der Waals surface area contributed by atoms with E-state index in [1.54, 1.807) is 18.5 Å². The first kappa shape index (κ1) is 22.6. The number of ether oxygens (including phenoxy) is 1. The number of carbonyl (C=O) groups is 2. The first-order valence-electron chi connectivity index (χ1n) is 8.12. The Morgan fingerprint density at radius 3 is 2.50 bits per heavy atom. The molecule has 0 fully saturated rings. The highest BCUT2D eigenvalue weighted by molar-refractivity contribution is 5.99. The first-order valence-corrected chi connectivity index (χ1v) is 8.12. The van der Waals surface area contributed by atoms with Gasteiger partial charge in [0.15, 0.2) is 0 Å². The third-order valence-electron chi connectivity index (χ3n) is 3.68. The van der Waals surface area contributed by atoms with Gasteiger partial charge in [0, 0.05) is 16.6 Å². The molecule has 0 aliphatic carbocycles. The number of rotatable bonds is 5. The molecule has 0 atom stereocenters. The molecule has 0 aliphatic rings. The number of amides is 1. The molecule has 2 heterocycles. The van der Waals surface area contributed by atoms with Gasteiger partial charge in [-0.3, -0.25) is 4.79 Å². The maximum Gasteiger partial charge on any atom is 0.490 e. The SMILES string of the molecule is Cc1[nH]cnc1CNC(=O)c1cc2c(OC(F)F)cccc2[nH]1.O=C(O)C(F)(F)F. The van der Waals surface area contributed by atoms with Gasteiger partial charge < -0.3 is 25.1 Å². The smallest absolute Gasteiger partial charge is 0.475 e. The van der Waals surface area contributed by atoms with Crippen molar-refractivity contribution in [3.63, 3.8) is 0 Å². The third-order valence-corrected chi connectivity index (χ3v) is 3.68. The zero-order valence-corrected chi connectivity index (χ0v) is 15.2. The van der Waals surface area contributed by atoms with Crippen molar-refractivity contribution in [1.82, 2.24) is 20.3 Å².